The van der Waals surface area contributed by atoms with E-state index in [0.29, 0.717) is 11.5 Å². The number of fused-ring (bicyclic) bond motifs is 1. The molecule has 0 spiro atoms. The maximum Gasteiger partial charge on any atom is 0.121 e. The van der Waals surface area contributed by atoms with E-state index in [1.165, 1.54) is 32.1 Å². The van der Waals surface area contributed by atoms with Gasteiger partial charge in [-0.05, 0) is 43.2 Å². The molecule has 0 amide bonds. The van der Waals surface area contributed by atoms with Crippen molar-refractivity contribution in [3.63, 3.8) is 0 Å². The van der Waals surface area contributed by atoms with Gasteiger partial charge in [0.2, 0.25) is 0 Å². The molecule has 108 valence electrons. The largest absolute Gasteiger partial charge is 0.341 e. The topological polar surface area (TPSA) is 40.7 Å². The van der Waals surface area contributed by atoms with Gasteiger partial charge in [-0.2, -0.15) is 0 Å². The Hall–Kier alpha value is -1.35. The molecule has 2 N–H and O–H groups in total. The summed E-state index contributed by atoms with van der Waals surface area (Å²) in [6.45, 7) is 5.64. The number of hydrogen-bond acceptors (Lipinski definition) is 2. The standard InChI is InChI=1S/C17H25N3/c1-17(2)10-5-6-13(9-11-17)18-12-16-19-14-7-3-4-8-15(14)20-16/h3-4,7-8,13,18H,5-6,9-12H2,1-2H3,(H,19,20). The van der Waals surface area contributed by atoms with Crippen LogP contribution in [-0.2, 0) is 6.54 Å². The Morgan fingerprint density at radius 1 is 1.25 bits per heavy atom. The predicted octanol–water partition coefficient (Wildman–Crippen LogP) is 4.01. The molecule has 1 fully saturated rings. The first-order valence-electron chi connectivity index (χ1n) is 7.79. The number of aromatic amines is 1. The SMILES string of the molecule is CC1(C)CCCC(NCc2nc3ccccc3[nH]2)CC1. The predicted molar refractivity (Wildman–Crippen MR) is 83.6 cm³/mol. The van der Waals surface area contributed by atoms with Gasteiger partial charge in [0.05, 0.1) is 17.6 Å². The van der Waals surface area contributed by atoms with Gasteiger partial charge in [0.1, 0.15) is 5.82 Å². The minimum Gasteiger partial charge on any atom is -0.341 e. The molecular weight excluding hydrogens is 246 g/mol. The third kappa shape index (κ3) is 3.21. The molecule has 3 rings (SSSR count). The minimum atomic E-state index is 0.524. The van der Waals surface area contributed by atoms with Crippen LogP contribution in [0, 0.1) is 5.41 Å². The fourth-order valence-corrected chi connectivity index (χ4v) is 3.20. The molecule has 0 aliphatic heterocycles. The number of rotatable bonds is 3. The second-order valence-corrected chi connectivity index (χ2v) is 6.87. The number of hydrogen-bond donors (Lipinski definition) is 2. The van der Waals surface area contributed by atoms with Gasteiger partial charge in [-0.15, -0.1) is 0 Å². The lowest BCUT2D eigenvalue weighted by atomic mass is 9.85. The first kappa shape index (κ1) is 13.6. The van der Waals surface area contributed by atoms with Gasteiger partial charge in [-0.3, -0.25) is 0 Å². The zero-order chi connectivity index (χ0) is 14.0. The molecule has 1 aliphatic rings. The minimum absolute atomic E-state index is 0.524. The van der Waals surface area contributed by atoms with E-state index in [-0.39, 0.29) is 0 Å². The van der Waals surface area contributed by atoms with Crippen molar-refractivity contribution in [2.75, 3.05) is 0 Å². The summed E-state index contributed by atoms with van der Waals surface area (Å²) in [5.74, 6) is 1.05. The molecule has 0 bridgehead atoms. The highest BCUT2D eigenvalue weighted by atomic mass is 15.0. The number of nitrogens with zero attached hydrogens (tertiary/aromatic N) is 1. The first-order valence-corrected chi connectivity index (χ1v) is 7.79. The Kier molecular flexibility index (Phi) is 3.79. The lowest BCUT2D eigenvalue weighted by Gasteiger charge is -2.22. The van der Waals surface area contributed by atoms with E-state index in [4.69, 9.17) is 0 Å². The Morgan fingerprint density at radius 2 is 2.10 bits per heavy atom. The summed E-state index contributed by atoms with van der Waals surface area (Å²) in [6.07, 6.45) is 6.60. The van der Waals surface area contributed by atoms with Crippen LogP contribution in [0.1, 0.15) is 51.8 Å². The zero-order valence-electron chi connectivity index (χ0n) is 12.6. The monoisotopic (exact) mass is 271 g/mol. The zero-order valence-corrected chi connectivity index (χ0v) is 12.6. The van der Waals surface area contributed by atoms with Crippen molar-refractivity contribution >= 4 is 11.0 Å². The number of nitrogens with one attached hydrogen (secondary N) is 2. The summed E-state index contributed by atoms with van der Waals surface area (Å²) in [6, 6.07) is 8.87. The highest BCUT2D eigenvalue weighted by Crippen LogP contribution is 2.33. The van der Waals surface area contributed by atoms with Gasteiger partial charge < -0.3 is 10.3 Å². The van der Waals surface area contributed by atoms with Gasteiger partial charge in [0.15, 0.2) is 0 Å². The molecule has 1 aromatic heterocycles. The molecule has 1 aromatic carbocycles. The molecule has 3 heteroatoms. The second kappa shape index (κ2) is 5.57. The highest BCUT2D eigenvalue weighted by molar-refractivity contribution is 5.74. The third-order valence-electron chi connectivity index (χ3n) is 4.57. The molecule has 1 aliphatic carbocycles. The average molecular weight is 271 g/mol. The Bertz CT molecular complexity index is 537. The van der Waals surface area contributed by atoms with E-state index < -0.39 is 0 Å². The van der Waals surface area contributed by atoms with Crippen LogP contribution in [0.2, 0.25) is 0 Å². The lowest BCUT2D eigenvalue weighted by Crippen LogP contribution is -2.28. The molecule has 0 saturated heterocycles. The van der Waals surface area contributed by atoms with E-state index in [1.807, 2.05) is 12.1 Å². The quantitative estimate of drug-likeness (QED) is 0.828. The summed E-state index contributed by atoms with van der Waals surface area (Å²) in [5.41, 5.74) is 2.72. The van der Waals surface area contributed by atoms with Crippen LogP contribution < -0.4 is 5.32 Å². The van der Waals surface area contributed by atoms with E-state index in [9.17, 15) is 0 Å². The Balaban J connectivity index is 1.59. The van der Waals surface area contributed by atoms with E-state index in [0.717, 1.165) is 23.4 Å². The van der Waals surface area contributed by atoms with E-state index in [1.54, 1.807) is 0 Å². The highest BCUT2D eigenvalue weighted by Gasteiger charge is 2.24. The van der Waals surface area contributed by atoms with Crippen LogP contribution in [0.15, 0.2) is 24.3 Å². The maximum absolute atomic E-state index is 4.63. The van der Waals surface area contributed by atoms with E-state index in [2.05, 4.69) is 41.3 Å². The molecule has 1 heterocycles. The molecule has 2 aromatic rings. The molecule has 1 saturated carbocycles. The number of H-pyrrole nitrogens is 1. The van der Waals surface area contributed by atoms with Gasteiger partial charge in [-0.1, -0.05) is 32.4 Å². The van der Waals surface area contributed by atoms with Crippen LogP contribution in [0.25, 0.3) is 11.0 Å². The summed E-state index contributed by atoms with van der Waals surface area (Å²) >= 11 is 0. The van der Waals surface area contributed by atoms with Gasteiger partial charge in [0.25, 0.3) is 0 Å². The summed E-state index contributed by atoms with van der Waals surface area (Å²) in [5, 5.41) is 3.68. The van der Waals surface area contributed by atoms with Crippen LogP contribution in [-0.4, -0.2) is 16.0 Å². The molecule has 1 atom stereocenters. The van der Waals surface area contributed by atoms with Crippen molar-refractivity contribution in [2.45, 2.75) is 58.5 Å². The fraction of sp³-hybridized carbons (Fsp3) is 0.588. The number of imidazole rings is 1. The number of benzene rings is 1. The lowest BCUT2D eigenvalue weighted by molar-refractivity contribution is 0.309. The fourth-order valence-electron chi connectivity index (χ4n) is 3.20. The number of aromatic nitrogens is 2. The van der Waals surface area contributed by atoms with E-state index >= 15 is 0 Å². The van der Waals surface area contributed by atoms with Crippen LogP contribution >= 0.6 is 0 Å². The molecular formula is C17H25N3. The second-order valence-electron chi connectivity index (χ2n) is 6.87. The third-order valence-corrected chi connectivity index (χ3v) is 4.57. The van der Waals surface area contributed by atoms with Gasteiger partial charge in [-0.25, -0.2) is 4.98 Å². The molecule has 20 heavy (non-hydrogen) atoms. The normalized spacial score (nSPS) is 22.8. The average Bonchev–Trinajstić information content (AvgIpc) is 2.75. The van der Waals surface area contributed by atoms with Crippen LogP contribution in [0.5, 0.6) is 0 Å². The Labute approximate surface area is 121 Å². The van der Waals surface area contributed by atoms with Crippen molar-refractivity contribution in [1.82, 2.24) is 15.3 Å². The maximum atomic E-state index is 4.63. The van der Waals surface area contributed by atoms with Gasteiger partial charge in [0, 0.05) is 6.04 Å². The molecule has 0 radical (unpaired) electrons. The summed E-state index contributed by atoms with van der Waals surface area (Å²) in [4.78, 5) is 8.02. The summed E-state index contributed by atoms with van der Waals surface area (Å²) < 4.78 is 0. The number of para-hydroxylation sites is 2. The Morgan fingerprint density at radius 3 is 2.95 bits per heavy atom. The van der Waals surface area contributed by atoms with Crippen molar-refractivity contribution in [1.29, 1.82) is 0 Å². The molecule has 3 nitrogen and oxygen atoms in total. The van der Waals surface area contributed by atoms with Crippen molar-refractivity contribution in [2.24, 2.45) is 5.41 Å². The van der Waals surface area contributed by atoms with Crippen LogP contribution in [0.3, 0.4) is 0 Å². The smallest absolute Gasteiger partial charge is 0.121 e. The van der Waals surface area contributed by atoms with Crippen molar-refractivity contribution in [3.05, 3.63) is 30.1 Å². The van der Waals surface area contributed by atoms with Crippen molar-refractivity contribution in [3.8, 4) is 0 Å². The summed E-state index contributed by atoms with van der Waals surface area (Å²) in [7, 11) is 0. The van der Waals surface area contributed by atoms with Crippen LogP contribution in [0.4, 0.5) is 0 Å². The first-order chi connectivity index (χ1) is 9.62. The van der Waals surface area contributed by atoms with Crippen molar-refractivity contribution < 1.29 is 0 Å². The molecule has 1 unspecified atom stereocenters. The van der Waals surface area contributed by atoms with Gasteiger partial charge >= 0.3 is 0 Å².